The van der Waals surface area contributed by atoms with Crippen LogP contribution in [0.1, 0.15) is 602 Å². The van der Waals surface area contributed by atoms with Gasteiger partial charge in [0.2, 0.25) is 0 Å². The molecule has 6 atom stereocenters. The maximum Gasteiger partial charge on any atom is 0.105 e. The number of aliphatic hydroxyl groups is 6. The monoisotopic (exact) mass is 2140 g/mol. The van der Waals surface area contributed by atoms with Crippen LogP contribution >= 0.6 is 0 Å². The molecule has 906 valence electrons. The first-order chi connectivity index (χ1) is 73.0. The zero-order chi connectivity index (χ0) is 110. The summed E-state index contributed by atoms with van der Waals surface area (Å²) in [6.45, 7) is 46.9. The molecule has 0 saturated heterocycles. The van der Waals surface area contributed by atoms with Gasteiger partial charge in [0.25, 0.3) is 0 Å². The highest BCUT2D eigenvalue weighted by atomic mass is 16.3. The third-order valence-corrected chi connectivity index (χ3v) is 32.4. The lowest BCUT2D eigenvalue weighted by Crippen LogP contribution is -2.54. The van der Waals surface area contributed by atoms with Crippen molar-refractivity contribution in [1.82, 2.24) is 46.6 Å². The summed E-state index contributed by atoms with van der Waals surface area (Å²) in [6, 6.07) is 0. The number of nitrogens with zero attached hydrogens (tertiary/aromatic N) is 6. The zero-order valence-electron chi connectivity index (χ0n) is 105. The van der Waals surface area contributed by atoms with E-state index in [1.807, 2.05) is 0 Å². The van der Waals surface area contributed by atoms with Crippen molar-refractivity contribution in [2.24, 2.45) is 0 Å². The van der Waals surface area contributed by atoms with Crippen molar-refractivity contribution in [3.63, 3.8) is 0 Å². The lowest BCUT2D eigenvalue weighted by atomic mass is 10.1. The van der Waals surface area contributed by atoms with E-state index in [1.165, 1.54) is 502 Å². The molecule has 0 rings (SSSR count). The van der Waals surface area contributed by atoms with Crippen molar-refractivity contribution in [3.05, 3.63) is 0 Å². The molecule has 0 saturated carbocycles. The Morgan fingerprint density at radius 2 is 0.273 bits per heavy atom. The molecule has 0 heterocycles. The predicted molar refractivity (Wildman–Crippen MR) is 667 cm³/mol. The fourth-order valence-corrected chi connectivity index (χ4v) is 21.7. The maximum atomic E-state index is 11.0. The Morgan fingerprint density at radius 1 is 0.147 bits per heavy atom. The fraction of sp³-hybridized carbons (Fsp3) is 1.00. The summed E-state index contributed by atoms with van der Waals surface area (Å²) in [4.78, 5) is 7.77. The number of hydrogen-bond donors (Lipinski definition) is 12. The van der Waals surface area contributed by atoms with Crippen LogP contribution in [0.15, 0.2) is 0 Å². The number of aliphatic hydroxyl groups excluding tert-OH is 6. The van der Waals surface area contributed by atoms with Crippen LogP contribution in [0.25, 0.3) is 0 Å². The van der Waals surface area contributed by atoms with E-state index in [0.29, 0.717) is 19.6 Å². The van der Waals surface area contributed by atoms with E-state index in [0.717, 1.165) is 208 Å². The van der Waals surface area contributed by atoms with Crippen LogP contribution in [0.4, 0.5) is 0 Å². The first kappa shape index (κ1) is 153. The van der Waals surface area contributed by atoms with Gasteiger partial charge in [-0.3, -0.25) is 14.7 Å². The average molecular weight is 2140 g/mol. The molecule has 0 radical (unpaired) electrons. The van der Waals surface area contributed by atoms with Crippen LogP contribution < -0.4 is 31.9 Å². The van der Waals surface area contributed by atoms with Crippen LogP contribution in [-0.4, -0.2) is 314 Å². The van der Waals surface area contributed by atoms with E-state index in [2.05, 4.69) is 151 Å². The smallest absolute Gasteiger partial charge is 0.105 e. The van der Waals surface area contributed by atoms with Crippen molar-refractivity contribution in [3.8, 4) is 0 Å². The lowest BCUT2D eigenvalue weighted by molar-refractivity contribution is -0.898. The first-order valence-electron chi connectivity index (χ1n) is 68.0. The molecular weight excluding hydrogens is 1850 g/mol. The first-order valence-corrected chi connectivity index (χ1v) is 68.0. The summed E-state index contributed by atoms with van der Waals surface area (Å²) in [6.07, 6.45) is 109. The maximum absolute atomic E-state index is 11.0. The third kappa shape index (κ3) is 126. The van der Waals surface area contributed by atoms with Crippen LogP contribution in [0.5, 0.6) is 0 Å². The lowest BCUT2D eigenvalue weighted by Gasteiger charge is -2.38. The minimum atomic E-state index is -0.262. The van der Waals surface area contributed by atoms with Gasteiger partial charge in [-0.2, -0.15) is 0 Å². The van der Waals surface area contributed by atoms with Crippen molar-refractivity contribution in [2.45, 2.75) is 638 Å². The number of rotatable bonds is 126. The Labute approximate surface area is 942 Å². The summed E-state index contributed by atoms with van der Waals surface area (Å²) in [5.41, 5.74) is 0. The quantitative estimate of drug-likeness (QED) is 0.0202. The normalized spacial score (nSPS) is 13.4. The Kier molecular flexibility index (Phi) is 126. The highest BCUT2D eigenvalue weighted by molar-refractivity contribution is 4.73. The van der Waals surface area contributed by atoms with Gasteiger partial charge < -0.3 is 76.0 Å². The number of quaternary nitrogens is 3. The van der Waals surface area contributed by atoms with Gasteiger partial charge in [-0.25, -0.2) is 0 Å². The number of hydrogen-bond acceptors (Lipinski definition) is 15. The van der Waals surface area contributed by atoms with E-state index in [9.17, 15) is 30.6 Å². The molecule has 18 heteroatoms. The van der Waals surface area contributed by atoms with E-state index >= 15 is 0 Å². The largest absolute Gasteiger partial charge is 0.392 e. The second-order valence-electron chi connectivity index (χ2n) is 50.0. The highest BCUT2D eigenvalue weighted by Crippen LogP contribution is 2.22. The molecule has 0 aliphatic carbocycles. The van der Waals surface area contributed by atoms with Crippen LogP contribution in [0.3, 0.4) is 0 Å². The summed E-state index contributed by atoms with van der Waals surface area (Å²) in [5, 5.41) is 86.1. The van der Waals surface area contributed by atoms with Gasteiger partial charge in [0.1, 0.15) is 37.9 Å². The van der Waals surface area contributed by atoms with Gasteiger partial charge in [-0.15, -0.1) is 0 Å². The van der Waals surface area contributed by atoms with Crippen molar-refractivity contribution < 1.29 is 44.1 Å². The molecule has 0 spiro atoms. The van der Waals surface area contributed by atoms with Gasteiger partial charge in [0, 0.05) is 118 Å². The number of unbranched alkanes of at least 4 members (excludes halogenated alkanes) is 69. The van der Waals surface area contributed by atoms with Gasteiger partial charge >= 0.3 is 0 Å². The standard InChI is InChI=1S/C48H105N4O3.C42H90N4O3.C42H90N4/c1-10-13-16-19-22-25-28-31-34-46(53)43-50(4,5)40-37-49(38-41-51(6,7)44-47(54)35-32-29-26-23-20-17-14-11-2)39-42-52(8,9)45-48(55)36-33-30-27-24-21-18-15-12-3;1-4-7-10-13-16-19-22-25-28-40(47)37-43-31-34-46(35-32-44-38-41(48)29-26-23-20-17-14-11-8-5-2)36-33-45-39-42(49)30-27-24-21-18-15-12-9-6-3;1-4-7-10-13-16-19-22-25-28-31-34-43-37-40-46(41-38-44-35-32-29-26-23-20-17-14-11-8-5-2)42-39-45-36-33-30-27-24-21-18-15-12-9-6-3/h46-48,53-55H,10-45H2,1-9H3;40-45,47-49H,4-39H2,1-3H3;43-45H,4-42H2,1-3H3/q+3;;. The molecule has 0 bridgehead atoms. The summed E-state index contributed by atoms with van der Waals surface area (Å²) in [5.74, 6) is 0. The van der Waals surface area contributed by atoms with E-state index in [-0.39, 0.29) is 36.6 Å². The molecule has 0 aliphatic rings. The molecule has 0 fully saturated rings. The van der Waals surface area contributed by atoms with Gasteiger partial charge in [0.05, 0.1) is 80.2 Å². The van der Waals surface area contributed by atoms with Crippen molar-refractivity contribution in [2.75, 3.05) is 219 Å². The van der Waals surface area contributed by atoms with Crippen molar-refractivity contribution >= 4 is 0 Å². The minimum absolute atomic E-state index is 0.236. The molecule has 0 aromatic heterocycles. The average Bonchev–Trinajstić information content (AvgIpc) is 0.866. The van der Waals surface area contributed by atoms with Gasteiger partial charge in [-0.05, 0) is 77.4 Å². The Bertz CT molecular complexity index is 2210. The molecule has 6 unspecified atom stereocenters. The second kappa shape index (κ2) is 124. The molecule has 0 aromatic rings. The zero-order valence-corrected chi connectivity index (χ0v) is 105. The van der Waals surface area contributed by atoms with Crippen LogP contribution in [-0.2, 0) is 0 Å². The predicted octanol–water partition coefficient (Wildman–Crippen LogP) is 30.7. The Morgan fingerprint density at radius 3 is 0.433 bits per heavy atom. The molecule has 18 nitrogen and oxygen atoms in total. The van der Waals surface area contributed by atoms with Crippen molar-refractivity contribution in [1.29, 1.82) is 0 Å². The third-order valence-electron chi connectivity index (χ3n) is 32.4. The Balaban J connectivity index is -0.00000217. The van der Waals surface area contributed by atoms with E-state index in [1.54, 1.807) is 0 Å². The SMILES string of the molecule is CCCCCCCCCCC(O)CNCCN(CCNCC(O)CCCCCCCCCC)CCNCC(O)CCCCCCCCCC.CCCCCCCCCCC(O)C[N+](C)(C)CCN(CC[N+](C)(C)CC(O)CCCCCCCCCC)CC[N+](C)(C)CC(O)CCCCCCCCCC.CCCCCCCCCCCCNCCN(CCNCCCCCCCCCCCC)CCNCCCCCCCCCCCC. The fourth-order valence-electron chi connectivity index (χ4n) is 21.7. The number of likely N-dealkylation sites (N-methyl/N-ethyl adjacent to an activating group) is 3. The number of nitrogens with one attached hydrogen (secondary N) is 6. The van der Waals surface area contributed by atoms with E-state index in [4.69, 9.17) is 0 Å². The Hall–Kier alpha value is -0.720. The molecular formula is C132H285N12O6+3. The van der Waals surface area contributed by atoms with Gasteiger partial charge in [0.15, 0.2) is 0 Å². The summed E-state index contributed by atoms with van der Waals surface area (Å²) < 4.78 is 2.50. The summed E-state index contributed by atoms with van der Waals surface area (Å²) >= 11 is 0. The summed E-state index contributed by atoms with van der Waals surface area (Å²) in [7, 11) is 13.7. The highest BCUT2D eigenvalue weighted by Gasteiger charge is 2.28. The van der Waals surface area contributed by atoms with E-state index < -0.39 is 0 Å². The van der Waals surface area contributed by atoms with Crippen LogP contribution in [0.2, 0.25) is 0 Å². The molecule has 0 aliphatic heterocycles. The second-order valence-corrected chi connectivity index (χ2v) is 50.0. The molecule has 0 amide bonds. The molecule has 12 N–H and O–H groups in total. The molecule has 0 aromatic carbocycles. The van der Waals surface area contributed by atoms with Gasteiger partial charge in [-0.1, -0.05) is 544 Å². The molecule has 150 heavy (non-hydrogen) atoms. The van der Waals surface area contributed by atoms with Crippen LogP contribution in [0, 0.1) is 0 Å². The minimum Gasteiger partial charge on any atom is -0.392 e. The topological polar surface area (TPSA) is 203 Å².